The molecule has 1 rings (SSSR count). The molecule has 0 bridgehead atoms. The number of carbonyl (C=O) groups excluding carboxylic acids is 1. The topological polar surface area (TPSA) is 66.4 Å². The van der Waals surface area contributed by atoms with Crippen molar-refractivity contribution in [3.63, 3.8) is 0 Å². The lowest BCUT2D eigenvalue weighted by molar-refractivity contribution is -0.131. The third-order valence-electron chi connectivity index (χ3n) is 2.96. The molecule has 1 aromatic rings. The molecule has 1 aromatic heterocycles. The molecule has 0 spiro atoms. The smallest absolute Gasteiger partial charge is 0.328 e. The monoisotopic (exact) mass is 281 g/mol. The first kappa shape index (κ1) is 15.4. The van der Waals surface area contributed by atoms with Gasteiger partial charge in [-0.3, -0.25) is 4.79 Å². The minimum atomic E-state index is -0.974. The Labute approximate surface area is 117 Å². The summed E-state index contributed by atoms with van der Waals surface area (Å²) in [5, 5.41) is 13.4. The van der Waals surface area contributed by atoms with E-state index in [0.29, 0.717) is 6.54 Å². The Balaban J connectivity index is 2.61. The van der Waals surface area contributed by atoms with Gasteiger partial charge in [0.2, 0.25) is 5.91 Å². The number of hydrogen-bond donors (Lipinski definition) is 2. The van der Waals surface area contributed by atoms with Crippen molar-refractivity contribution in [1.29, 1.82) is 0 Å². The lowest BCUT2D eigenvalue weighted by atomic mass is 10.0. The van der Waals surface area contributed by atoms with Gasteiger partial charge in [0.15, 0.2) is 0 Å². The zero-order chi connectivity index (χ0) is 14.3. The fraction of sp³-hybridized carbons (Fsp3) is 0.429. The van der Waals surface area contributed by atoms with Gasteiger partial charge in [0, 0.05) is 16.9 Å². The third-order valence-corrected chi connectivity index (χ3v) is 3.90. The summed E-state index contributed by atoms with van der Waals surface area (Å²) in [4.78, 5) is 23.3. The average Bonchev–Trinajstić information content (AvgIpc) is 2.82. The van der Waals surface area contributed by atoms with Gasteiger partial charge >= 0.3 is 5.97 Å². The van der Waals surface area contributed by atoms with Gasteiger partial charge in [-0.05, 0) is 35.9 Å². The van der Waals surface area contributed by atoms with Crippen LogP contribution in [0.15, 0.2) is 17.5 Å². The number of rotatable bonds is 7. The van der Waals surface area contributed by atoms with Crippen molar-refractivity contribution in [3.8, 4) is 0 Å². The largest absolute Gasteiger partial charge is 0.478 e. The van der Waals surface area contributed by atoms with Crippen LogP contribution in [0.25, 0.3) is 6.08 Å². The van der Waals surface area contributed by atoms with Crippen LogP contribution in [-0.2, 0) is 16.1 Å². The highest BCUT2D eigenvalue weighted by molar-refractivity contribution is 7.10. The van der Waals surface area contributed by atoms with Crippen molar-refractivity contribution < 1.29 is 14.7 Å². The molecule has 1 amide bonds. The van der Waals surface area contributed by atoms with Crippen LogP contribution in [0, 0.1) is 5.92 Å². The zero-order valence-corrected chi connectivity index (χ0v) is 12.0. The van der Waals surface area contributed by atoms with Gasteiger partial charge in [-0.15, -0.1) is 11.3 Å². The van der Waals surface area contributed by atoms with Crippen LogP contribution in [0.3, 0.4) is 0 Å². The van der Waals surface area contributed by atoms with Crippen molar-refractivity contribution >= 4 is 29.3 Å². The molecule has 0 aliphatic rings. The summed E-state index contributed by atoms with van der Waals surface area (Å²) in [6.45, 7) is 4.45. The lowest BCUT2D eigenvalue weighted by Crippen LogP contribution is -2.29. The Morgan fingerprint density at radius 1 is 1.42 bits per heavy atom. The summed E-state index contributed by atoms with van der Waals surface area (Å²) in [5.41, 5.74) is 0.845. The second-order valence-electron chi connectivity index (χ2n) is 4.20. The summed E-state index contributed by atoms with van der Waals surface area (Å²) in [6, 6.07) is 1.85. The quantitative estimate of drug-likeness (QED) is 0.755. The van der Waals surface area contributed by atoms with E-state index in [0.717, 1.165) is 29.4 Å². The molecule has 0 radical (unpaired) electrons. The van der Waals surface area contributed by atoms with Crippen LogP contribution >= 0.6 is 11.3 Å². The zero-order valence-electron chi connectivity index (χ0n) is 11.2. The van der Waals surface area contributed by atoms with Gasteiger partial charge in [0.05, 0.1) is 6.54 Å². The summed E-state index contributed by atoms with van der Waals surface area (Å²) in [6.07, 6.45) is 4.32. The predicted molar refractivity (Wildman–Crippen MR) is 76.9 cm³/mol. The van der Waals surface area contributed by atoms with Crippen molar-refractivity contribution in [1.82, 2.24) is 5.32 Å². The fourth-order valence-corrected chi connectivity index (χ4v) is 2.58. The van der Waals surface area contributed by atoms with E-state index in [1.807, 2.05) is 25.3 Å². The Bertz CT molecular complexity index is 461. The Hall–Kier alpha value is -1.62. The van der Waals surface area contributed by atoms with Gasteiger partial charge < -0.3 is 10.4 Å². The van der Waals surface area contributed by atoms with Crippen molar-refractivity contribution in [2.75, 3.05) is 0 Å². The van der Waals surface area contributed by atoms with Gasteiger partial charge in [0.1, 0.15) is 0 Å². The molecular weight excluding hydrogens is 262 g/mol. The van der Waals surface area contributed by atoms with E-state index in [1.54, 1.807) is 6.08 Å². The maximum absolute atomic E-state index is 11.9. The van der Waals surface area contributed by atoms with E-state index in [-0.39, 0.29) is 11.8 Å². The third kappa shape index (κ3) is 4.87. The normalized spacial score (nSPS) is 11.1. The number of carboxylic acid groups (broad SMARTS) is 1. The molecule has 0 saturated carbocycles. The van der Waals surface area contributed by atoms with Crippen LogP contribution in [0.5, 0.6) is 0 Å². The van der Waals surface area contributed by atoms with Crippen molar-refractivity contribution in [2.45, 2.75) is 33.2 Å². The van der Waals surface area contributed by atoms with Gasteiger partial charge in [-0.25, -0.2) is 4.79 Å². The van der Waals surface area contributed by atoms with E-state index < -0.39 is 5.97 Å². The molecule has 2 N–H and O–H groups in total. The molecule has 0 fully saturated rings. The predicted octanol–water partition coefficient (Wildman–Crippen LogP) is 2.90. The van der Waals surface area contributed by atoms with Gasteiger partial charge in [-0.1, -0.05) is 13.8 Å². The number of nitrogens with one attached hydrogen (secondary N) is 1. The van der Waals surface area contributed by atoms with E-state index in [2.05, 4.69) is 5.32 Å². The first-order valence-electron chi connectivity index (χ1n) is 6.33. The van der Waals surface area contributed by atoms with E-state index in [9.17, 15) is 9.59 Å². The van der Waals surface area contributed by atoms with Crippen LogP contribution in [0.2, 0.25) is 0 Å². The highest BCUT2D eigenvalue weighted by atomic mass is 32.1. The number of carbonyl (C=O) groups is 2. The van der Waals surface area contributed by atoms with Crippen molar-refractivity contribution in [2.24, 2.45) is 5.92 Å². The highest BCUT2D eigenvalue weighted by Gasteiger charge is 2.14. The molecule has 0 aliphatic carbocycles. The highest BCUT2D eigenvalue weighted by Crippen LogP contribution is 2.18. The van der Waals surface area contributed by atoms with Crippen LogP contribution in [0.1, 0.15) is 37.1 Å². The molecule has 0 aromatic carbocycles. The molecule has 19 heavy (non-hydrogen) atoms. The molecular formula is C14H19NO3S. The Morgan fingerprint density at radius 3 is 2.68 bits per heavy atom. The van der Waals surface area contributed by atoms with Crippen LogP contribution in [-0.4, -0.2) is 17.0 Å². The molecule has 1 heterocycles. The van der Waals surface area contributed by atoms with E-state index in [4.69, 9.17) is 5.11 Å². The second kappa shape index (κ2) is 7.74. The number of amides is 1. The molecule has 0 aliphatic heterocycles. The standard InChI is InChI=1S/C14H19NO3S/c1-3-10(4-2)14(18)15-9-12-11(7-8-19-12)5-6-13(16)17/h5-8,10H,3-4,9H2,1-2H3,(H,15,18)(H,16,17). The lowest BCUT2D eigenvalue weighted by Gasteiger charge is -2.12. The maximum atomic E-state index is 11.9. The van der Waals surface area contributed by atoms with Gasteiger partial charge in [0.25, 0.3) is 0 Å². The van der Waals surface area contributed by atoms with E-state index in [1.165, 1.54) is 11.3 Å². The number of hydrogen-bond acceptors (Lipinski definition) is 3. The second-order valence-corrected chi connectivity index (χ2v) is 5.20. The van der Waals surface area contributed by atoms with Crippen molar-refractivity contribution in [3.05, 3.63) is 28.0 Å². The minimum Gasteiger partial charge on any atom is -0.478 e. The number of carboxylic acids is 1. The molecule has 0 unspecified atom stereocenters. The molecule has 5 heteroatoms. The summed E-state index contributed by atoms with van der Waals surface area (Å²) in [7, 11) is 0. The Kier molecular flexibility index (Phi) is 6.29. The van der Waals surface area contributed by atoms with Gasteiger partial charge in [-0.2, -0.15) is 0 Å². The molecule has 0 saturated heterocycles. The fourth-order valence-electron chi connectivity index (χ4n) is 1.77. The average molecular weight is 281 g/mol. The Morgan fingerprint density at radius 2 is 2.11 bits per heavy atom. The summed E-state index contributed by atoms with van der Waals surface area (Å²) in [5.74, 6) is -0.859. The van der Waals surface area contributed by atoms with E-state index >= 15 is 0 Å². The number of aliphatic carboxylic acids is 1. The first-order valence-corrected chi connectivity index (χ1v) is 7.21. The maximum Gasteiger partial charge on any atom is 0.328 e. The number of thiophene rings is 1. The molecule has 4 nitrogen and oxygen atoms in total. The van der Waals surface area contributed by atoms with Crippen LogP contribution in [0.4, 0.5) is 0 Å². The van der Waals surface area contributed by atoms with Crippen LogP contribution < -0.4 is 5.32 Å². The first-order chi connectivity index (χ1) is 9.08. The minimum absolute atomic E-state index is 0.0537. The molecule has 0 atom stereocenters. The molecule has 104 valence electrons. The summed E-state index contributed by atoms with van der Waals surface area (Å²) >= 11 is 1.51. The summed E-state index contributed by atoms with van der Waals surface area (Å²) < 4.78 is 0. The SMILES string of the molecule is CCC(CC)C(=O)NCc1sccc1C=CC(=O)O.